The lowest BCUT2D eigenvalue weighted by molar-refractivity contribution is -0.384. The molecule has 3 aromatic carbocycles. The Morgan fingerprint density at radius 3 is 2.51 bits per heavy atom. The number of nitrogens with one attached hydrogen (secondary N) is 2. The third-order valence-electron chi connectivity index (χ3n) is 4.93. The van der Waals surface area contributed by atoms with Crippen molar-refractivity contribution in [3.05, 3.63) is 94.8 Å². The number of carbonyl (C=O) groups excluding carboxylic acids is 1. The number of thioether (sulfide) groups is 1. The Balaban J connectivity index is 1.47. The zero-order chi connectivity index (χ0) is 24.6. The number of carbonyl (C=O) groups is 1. The molecule has 4 rings (SSSR count). The van der Waals surface area contributed by atoms with E-state index < -0.39 is 4.92 Å². The van der Waals surface area contributed by atoms with E-state index in [1.54, 1.807) is 13.2 Å². The summed E-state index contributed by atoms with van der Waals surface area (Å²) in [6.07, 6.45) is 0. The molecule has 1 aromatic heterocycles. The number of methoxy groups -OCH3 is 1. The van der Waals surface area contributed by atoms with E-state index in [9.17, 15) is 14.9 Å². The minimum Gasteiger partial charge on any atom is -0.497 e. The van der Waals surface area contributed by atoms with Gasteiger partial charge < -0.3 is 15.4 Å². The van der Waals surface area contributed by atoms with Gasteiger partial charge in [0, 0.05) is 29.2 Å². The number of nitro groups is 1. The van der Waals surface area contributed by atoms with Gasteiger partial charge in [-0.1, -0.05) is 36.0 Å². The monoisotopic (exact) mass is 490 g/mol. The standard InChI is InChI=1S/C24H22N6O4S/c1-34-21-12-10-17(11-13-21)25-15-22-27-28-24(29(22)19-7-3-2-4-8-19)35-16-23(31)26-18-6-5-9-20(14-18)30(32)33/h2-14,25H,15-16H2,1H3,(H,26,31). The van der Waals surface area contributed by atoms with Gasteiger partial charge in [-0.2, -0.15) is 0 Å². The molecule has 0 saturated carbocycles. The summed E-state index contributed by atoms with van der Waals surface area (Å²) in [5.74, 6) is 1.19. The second-order valence-electron chi connectivity index (χ2n) is 7.30. The van der Waals surface area contributed by atoms with Crippen LogP contribution in [0, 0.1) is 10.1 Å². The van der Waals surface area contributed by atoms with Crippen molar-refractivity contribution in [1.82, 2.24) is 14.8 Å². The summed E-state index contributed by atoms with van der Waals surface area (Å²) in [5, 5.41) is 26.1. The lowest BCUT2D eigenvalue weighted by atomic mass is 10.3. The number of para-hydroxylation sites is 1. The number of hydrogen-bond donors (Lipinski definition) is 2. The molecule has 178 valence electrons. The summed E-state index contributed by atoms with van der Waals surface area (Å²) in [6.45, 7) is 0.411. The van der Waals surface area contributed by atoms with E-state index in [2.05, 4.69) is 20.8 Å². The Bertz CT molecular complexity index is 1310. The molecule has 0 fully saturated rings. The molecular weight excluding hydrogens is 468 g/mol. The minimum absolute atomic E-state index is 0.0551. The van der Waals surface area contributed by atoms with Crippen molar-refractivity contribution in [1.29, 1.82) is 0 Å². The van der Waals surface area contributed by atoms with Crippen molar-refractivity contribution in [3.8, 4) is 11.4 Å². The van der Waals surface area contributed by atoms with E-state index in [1.807, 2.05) is 59.2 Å². The van der Waals surface area contributed by atoms with Crippen LogP contribution in [0.15, 0.2) is 84.0 Å². The van der Waals surface area contributed by atoms with Crippen LogP contribution in [0.4, 0.5) is 17.1 Å². The van der Waals surface area contributed by atoms with E-state index in [0.29, 0.717) is 23.2 Å². The highest BCUT2D eigenvalue weighted by Crippen LogP contribution is 2.24. The largest absolute Gasteiger partial charge is 0.497 e. The number of nitro benzene ring substituents is 1. The van der Waals surface area contributed by atoms with Crippen LogP contribution in [0.5, 0.6) is 5.75 Å². The third-order valence-corrected chi connectivity index (χ3v) is 5.86. The van der Waals surface area contributed by atoms with Crippen LogP contribution in [-0.2, 0) is 11.3 Å². The van der Waals surface area contributed by atoms with Gasteiger partial charge in [-0.05, 0) is 42.5 Å². The molecule has 0 aliphatic carbocycles. The highest BCUT2D eigenvalue weighted by Gasteiger charge is 2.16. The molecule has 0 atom stereocenters. The number of anilines is 2. The molecule has 11 heteroatoms. The number of nitrogens with zero attached hydrogens (tertiary/aromatic N) is 4. The fraction of sp³-hybridized carbons (Fsp3) is 0.125. The lowest BCUT2D eigenvalue weighted by Crippen LogP contribution is -2.15. The molecule has 0 saturated heterocycles. The number of hydrogen-bond acceptors (Lipinski definition) is 8. The van der Waals surface area contributed by atoms with E-state index in [-0.39, 0.29) is 17.3 Å². The molecule has 0 bridgehead atoms. The summed E-state index contributed by atoms with van der Waals surface area (Å²) in [6, 6.07) is 23.0. The lowest BCUT2D eigenvalue weighted by Gasteiger charge is -2.12. The van der Waals surface area contributed by atoms with Gasteiger partial charge in [-0.25, -0.2) is 0 Å². The smallest absolute Gasteiger partial charge is 0.271 e. The van der Waals surface area contributed by atoms with Crippen LogP contribution in [0.2, 0.25) is 0 Å². The molecule has 1 amide bonds. The predicted octanol–water partition coefficient (Wildman–Crippen LogP) is 4.53. The Hall–Kier alpha value is -4.38. The van der Waals surface area contributed by atoms with Crippen molar-refractivity contribution in [2.24, 2.45) is 0 Å². The van der Waals surface area contributed by atoms with Gasteiger partial charge in [-0.3, -0.25) is 19.5 Å². The maximum atomic E-state index is 12.5. The average Bonchev–Trinajstić information content (AvgIpc) is 3.30. The van der Waals surface area contributed by atoms with Crippen LogP contribution in [0.1, 0.15) is 5.82 Å². The predicted molar refractivity (Wildman–Crippen MR) is 134 cm³/mol. The maximum absolute atomic E-state index is 12.5. The quantitative estimate of drug-likeness (QED) is 0.189. The van der Waals surface area contributed by atoms with Crippen molar-refractivity contribution in [3.63, 3.8) is 0 Å². The molecule has 0 spiro atoms. The second-order valence-corrected chi connectivity index (χ2v) is 8.24. The van der Waals surface area contributed by atoms with Gasteiger partial charge in [0.1, 0.15) is 5.75 Å². The SMILES string of the molecule is COc1ccc(NCc2nnc(SCC(=O)Nc3cccc([N+](=O)[O-])c3)n2-c2ccccc2)cc1. The zero-order valence-corrected chi connectivity index (χ0v) is 19.6. The van der Waals surface area contributed by atoms with Gasteiger partial charge in [-0.15, -0.1) is 10.2 Å². The summed E-state index contributed by atoms with van der Waals surface area (Å²) >= 11 is 1.23. The number of non-ortho nitro benzene ring substituents is 1. The first kappa shape index (κ1) is 23.8. The Morgan fingerprint density at radius 1 is 1.03 bits per heavy atom. The zero-order valence-electron chi connectivity index (χ0n) is 18.7. The summed E-state index contributed by atoms with van der Waals surface area (Å²) in [4.78, 5) is 23.0. The van der Waals surface area contributed by atoms with Crippen LogP contribution >= 0.6 is 11.8 Å². The van der Waals surface area contributed by atoms with Crippen molar-refractivity contribution in [2.75, 3.05) is 23.5 Å². The number of benzene rings is 3. The van der Waals surface area contributed by atoms with Crippen molar-refractivity contribution >= 4 is 34.7 Å². The van der Waals surface area contributed by atoms with Gasteiger partial charge in [0.05, 0.1) is 24.3 Å². The average molecular weight is 491 g/mol. The first-order valence-corrected chi connectivity index (χ1v) is 11.6. The Morgan fingerprint density at radius 2 is 1.80 bits per heavy atom. The molecule has 0 aliphatic heterocycles. The van der Waals surface area contributed by atoms with Gasteiger partial charge in [0.2, 0.25) is 5.91 Å². The number of rotatable bonds is 10. The van der Waals surface area contributed by atoms with Gasteiger partial charge >= 0.3 is 0 Å². The Kier molecular flexibility index (Phi) is 7.58. The first-order valence-electron chi connectivity index (χ1n) is 10.6. The van der Waals surface area contributed by atoms with Crippen LogP contribution in [0.3, 0.4) is 0 Å². The molecule has 2 N–H and O–H groups in total. The van der Waals surface area contributed by atoms with Crippen LogP contribution < -0.4 is 15.4 Å². The fourth-order valence-corrected chi connectivity index (χ4v) is 4.03. The van der Waals surface area contributed by atoms with Gasteiger partial charge in [0.15, 0.2) is 11.0 Å². The molecule has 0 unspecified atom stereocenters. The molecular formula is C24H22N6O4S. The molecule has 10 nitrogen and oxygen atoms in total. The van der Waals surface area contributed by atoms with E-state index >= 15 is 0 Å². The summed E-state index contributed by atoms with van der Waals surface area (Å²) in [5.41, 5.74) is 2.04. The third kappa shape index (κ3) is 6.15. The minimum atomic E-state index is -0.506. The molecule has 0 aliphatic rings. The Labute approximate surface area is 205 Å². The van der Waals surface area contributed by atoms with Gasteiger partial charge in [0.25, 0.3) is 5.69 Å². The highest BCUT2D eigenvalue weighted by atomic mass is 32.2. The van der Waals surface area contributed by atoms with Crippen LogP contribution in [0.25, 0.3) is 5.69 Å². The fourth-order valence-electron chi connectivity index (χ4n) is 3.26. The highest BCUT2D eigenvalue weighted by molar-refractivity contribution is 7.99. The summed E-state index contributed by atoms with van der Waals surface area (Å²) < 4.78 is 7.08. The topological polar surface area (TPSA) is 124 Å². The molecule has 4 aromatic rings. The van der Waals surface area contributed by atoms with Crippen LogP contribution in [-0.4, -0.2) is 38.5 Å². The number of aromatic nitrogens is 3. The van der Waals surface area contributed by atoms with E-state index in [4.69, 9.17) is 4.74 Å². The first-order chi connectivity index (χ1) is 17.0. The van der Waals surface area contributed by atoms with Crippen molar-refractivity contribution < 1.29 is 14.5 Å². The number of amides is 1. The molecule has 1 heterocycles. The second kappa shape index (κ2) is 11.2. The number of ether oxygens (including phenoxy) is 1. The van der Waals surface area contributed by atoms with Crippen molar-refractivity contribution in [2.45, 2.75) is 11.7 Å². The maximum Gasteiger partial charge on any atom is 0.271 e. The normalized spacial score (nSPS) is 10.5. The van der Waals surface area contributed by atoms with E-state index in [0.717, 1.165) is 17.1 Å². The molecule has 35 heavy (non-hydrogen) atoms. The molecule has 0 radical (unpaired) electrons. The van der Waals surface area contributed by atoms with E-state index in [1.165, 1.54) is 30.0 Å². The summed E-state index contributed by atoms with van der Waals surface area (Å²) in [7, 11) is 1.62.